The molecule has 0 unspecified atom stereocenters. The number of aromatic nitrogens is 4. The van der Waals surface area contributed by atoms with Crippen molar-refractivity contribution < 1.29 is 8.78 Å². The first-order valence-corrected chi connectivity index (χ1v) is 5.79. The summed E-state index contributed by atoms with van der Waals surface area (Å²) in [5.41, 5.74) is 1.73. The lowest BCUT2D eigenvalue weighted by atomic mass is 10.4. The first kappa shape index (κ1) is 12.2. The van der Waals surface area contributed by atoms with Crippen LogP contribution in [0.4, 0.5) is 8.78 Å². The standard InChI is InChI=1S/C10H11BrF2N4/c1-6-9(11)7(2)17(15-6)5-8-14-3-4-16(8)10(12)13/h3-4,10H,5H2,1-2H3. The average Bonchev–Trinajstić information content (AvgIpc) is 2.81. The van der Waals surface area contributed by atoms with Crippen molar-refractivity contribution >= 4 is 15.9 Å². The molecule has 7 heteroatoms. The number of halogens is 3. The summed E-state index contributed by atoms with van der Waals surface area (Å²) in [7, 11) is 0. The minimum Gasteiger partial charge on any atom is -0.276 e. The molecule has 2 rings (SSSR count). The van der Waals surface area contributed by atoms with Gasteiger partial charge < -0.3 is 0 Å². The first-order valence-electron chi connectivity index (χ1n) is 5.00. The number of imidazole rings is 1. The predicted octanol–water partition coefficient (Wildman–Crippen LogP) is 2.90. The summed E-state index contributed by atoms with van der Waals surface area (Å²) in [4.78, 5) is 3.92. The van der Waals surface area contributed by atoms with Crippen LogP contribution in [0.25, 0.3) is 0 Å². The minimum atomic E-state index is -2.58. The van der Waals surface area contributed by atoms with E-state index in [1.165, 1.54) is 12.4 Å². The van der Waals surface area contributed by atoms with Crippen LogP contribution in [-0.4, -0.2) is 19.3 Å². The highest BCUT2D eigenvalue weighted by molar-refractivity contribution is 9.10. The van der Waals surface area contributed by atoms with Crippen molar-refractivity contribution in [1.29, 1.82) is 0 Å². The Labute approximate surface area is 105 Å². The topological polar surface area (TPSA) is 35.6 Å². The van der Waals surface area contributed by atoms with Gasteiger partial charge in [0.15, 0.2) is 0 Å². The van der Waals surface area contributed by atoms with Crippen LogP contribution < -0.4 is 0 Å². The quantitative estimate of drug-likeness (QED) is 0.874. The van der Waals surface area contributed by atoms with Crippen LogP contribution in [0.3, 0.4) is 0 Å². The molecule has 0 saturated heterocycles. The van der Waals surface area contributed by atoms with E-state index in [9.17, 15) is 8.78 Å². The summed E-state index contributed by atoms with van der Waals surface area (Å²) in [5, 5.41) is 4.26. The van der Waals surface area contributed by atoms with Crippen molar-refractivity contribution in [3.8, 4) is 0 Å². The molecule has 2 heterocycles. The van der Waals surface area contributed by atoms with Gasteiger partial charge in [0.25, 0.3) is 0 Å². The van der Waals surface area contributed by atoms with E-state index < -0.39 is 6.55 Å². The summed E-state index contributed by atoms with van der Waals surface area (Å²) in [6.45, 7) is 1.38. The Balaban J connectivity index is 2.32. The van der Waals surface area contributed by atoms with Gasteiger partial charge in [-0.15, -0.1) is 0 Å². The number of hydrogen-bond donors (Lipinski definition) is 0. The van der Waals surface area contributed by atoms with Gasteiger partial charge in [-0.3, -0.25) is 9.25 Å². The van der Waals surface area contributed by atoms with E-state index in [-0.39, 0.29) is 12.4 Å². The summed E-state index contributed by atoms with van der Waals surface area (Å²) >= 11 is 3.39. The predicted molar refractivity (Wildman–Crippen MR) is 62.0 cm³/mol. The van der Waals surface area contributed by atoms with Gasteiger partial charge in [-0.2, -0.15) is 13.9 Å². The maximum absolute atomic E-state index is 12.6. The van der Waals surface area contributed by atoms with Gasteiger partial charge in [0.2, 0.25) is 0 Å². The van der Waals surface area contributed by atoms with E-state index in [0.717, 1.165) is 20.4 Å². The largest absolute Gasteiger partial charge is 0.319 e. The van der Waals surface area contributed by atoms with E-state index in [0.29, 0.717) is 0 Å². The Morgan fingerprint density at radius 3 is 2.65 bits per heavy atom. The summed E-state index contributed by atoms with van der Waals surface area (Å²) < 4.78 is 28.7. The summed E-state index contributed by atoms with van der Waals surface area (Å²) in [5.74, 6) is 0.290. The van der Waals surface area contributed by atoms with Crippen LogP contribution in [0.2, 0.25) is 0 Å². The van der Waals surface area contributed by atoms with Gasteiger partial charge in [0.1, 0.15) is 5.82 Å². The number of aryl methyl sites for hydroxylation is 1. The van der Waals surface area contributed by atoms with Gasteiger partial charge in [0, 0.05) is 12.4 Å². The highest BCUT2D eigenvalue weighted by Crippen LogP contribution is 2.21. The van der Waals surface area contributed by atoms with Crippen molar-refractivity contribution in [3.63, 3.8) is 0 Å². The monoisotopic (exact) mass is 304 g/mol. The van der Waals surface area contributed by atoms with Crippen molar-refractivity contribution in [2.75, 3.05) is 0 Å². The highest BCUT2D eigenvalue weighted by atomic mass is 79.9. The van der Waals surface area contributed by atoms with Gasteiger partial charge in [-0.25, -0.2) is 4.98 Å². The van der Waals surface area contributed by atoms with E-state index >= 15 is 0 Å². The number of nitrogens with zero attached hydrogens (tertiary/aromatic N) is 4. The normalized spacial score (nSPS) is 11.4. The second kappa shape index (κ2) is 4.56. The molecule has 0 N–H and O–H groups in total. The molecule has 4 nitrogen and oxygen atoms in total. The van der Waals surface area contributed by atoms with Crippen LogP contribution in [0.15, 0.2) is 16.9 Å². The van der Waals surface area contributed by atoms with E-state index in [2.05, 4.69) is 26.0 Å². The number of hydrogen-bond acceptors (Lipinski definition) is 2. The molecule has 0 aliphatic heterocycles. The fraction of sp³-hybridized carbons (Fsp3) is 0.400. The molecule has 17 heavy (non-hydrogen) atoms. The third kappa shape index (κ3) is 2.24. The fourth-order valence-electron chi connectivity index (χ4n) is 1.61. The molecule has 0 aliphatic rings. The van der Waals surface area contributed by atoms with Crippen LogP contribution in [0.5, 0.6) is 0 Å². The van der Waals surface area contributed by atoms with Crippen molar-refractivity contribution in [2.24, 2.45) is 0 Å². The lowest BCUT2D eigenvalue weighted by Gasteiger charge is -2.07. The zero-order chi connectivity index (χ0) is 12.6. The second-order valence-corrected chi connectivity index (χ2v) is 4.46. The molecule has 0 radical (unpaired) electrons. The van der Waals surface area contributed by atoms with Crippen LogP contribution in [-0.2, 0) is 6.54 Å². The average molecular weight is 305 g/mol. The van der Waals surface area contributed by atoms with Crippen molar-refractivity contribution in [1.82, 2.24) is 19.3 Å². The number of alkyl halides is 2. The molecular weight excluding hydrogens is 294 g/mol. The Morgan fingerprint density at radius 2 is 2.12 bits per heavy atom. The van der Waals surface area contributed by atoms with Crippen LogP contribution in [0.1, 0.15) is 23.8 Å². The second-order valence-electron chi connectivity index (χ2n) is 3.67. The highest BCUT2D eigenvalue weighted by Gasteiger charge is 2.14. The molecule has 92 valence electrons. The molecule has 0 bridgehead atoms. The van der Waals surface area contributed by atoms with Gasteiger partial charge in [-0.1, -0.05) is 0 Å². The molecule has 0 aliphatic carbocycles. The lowest BCUT2D eigenvalue weighted by molar-refractivity contribution is 0.0665. The maximum atomic E-state index is 12.6. The van der Waals surface area contributed by atoms with Crippen molar-refractivity contribution in [2.45, 2.75) is 26.9 Å². The van der Waals surface area contributed by atoms with Gasteiger partial charge in [-0.05, 0) is 29.8 Å². The zero-order valence-electron chi connectivity index (χ0n) is 9.36. The summed E-state index contributed by atoms with van der Waals surface area (Å²) in [6, 6.07) is 0. The molecule has 2 aromatic heterocycles. The van der Waals surface area contributed by atoms with Crippen LogP contribution in [0, 0.1) is 13.8 Å². The molecule has 2 aromatic rings. The number of rotatable bonds is 3. The maximum Gasteiger partial charge on any atom is 0.319 e. The van der Waals surface area contributed by atoms with E-state index in [4.69, 9.17) is 0 Å². The third-order valence-electron chi connectivity index (χ3n) is 2.54. The van der Waals surface area contributed by atoms with Crippen molar-refractivity contribution in [3.05, 3.63) is 34.1 Å². The molecule has 0 saturated carbocycles. The SMILES string of the molecule is Cc1nn(Cc2nccn2C(F)F)c(C)c1Br. The van der Waals surface area contributed by atoms with Gasteiger partial charge in [0.05, 0.1) is 22.4 Å². The Kier molecular flexibility index (Phi) is 3.28. The molecule has 0 spiro atoms. The smallest absolute Gasteiger partial charge is 0.276 e. The Bertz CT molecular complexity index is 532. The Hall–Kier alpha value is -1.24. The molecule has 0 fully saturated rings. The molecule has 0 aromatic carbocycles. The minimum absolute atomic E-state index is 0.232. The lowest BCUT2D eigenvalue weighted by Crippen LogP contribution is -2.11. The molecular formula is C10H11BrF2N4. The zero-order valence-corrected chi connectivity index (χ0v) is 10.9. The summed E-state index contributed by atoms with van der Waals surface area (Å²) in [6.07, 6.45) is 2.63. The fourth-order valence-corrected chi connectivity index (χ4v) is 1.89. The van der Waals surface area contributed by atoms with E-state index in [1.807, 2.05) is 13.8 Å². The van der Waals surface area contributed by atoms with Crippen LogP contribution >= 0.6 is 15.9 Å². The molecule has 0 atom stereocenters. The first-order chi connectivity index (χ1) is 8.00. The van der Waals surface area contributed by atoms with Gasteiger partial charge >= 0.3 is 6.55 Å². The third-order valence-corrected chi connectivity index (χ3v) is 3.69. The van der Waals surface area contributed by atoms with E-state index in [1.54, 1.807) is 4.68 Å². The Morgan fingerprint density at radius 1 is 1.41 bits per heavy atom. The molecule has 0 amide bonds.